The van der Waals surface area contributed by atoms with Gasteiger partial charge in [0.25, 0.3) is 5.91 Å². The van der Waals surface area contributed by atoms with Crippen molar-refractivity contribution in [1.82, 2.24) is 0 Å². The van der Waals surface area contributed by atoms with Gasteiger partial charge in [0.1, 0.15) is 17.5 Å². The summed E-state index contributed by atoms with van der Waals surface area (Å²) in [5, 5.41) is 3.27. The summed E-state index contributed by atoms with van der Waals surface area (Å²) in [5.41, 5.74) is 9.72. The third-order valence-corrected chi connectivity index (χ3v) is 5.38. The summed E-state index contributed by atoms with van der Waals surface area (Å²) < 4.78 is 10.5. The molecule has 0 radical (unpaired) electrons. The number of hydrogen-bond donors (Lipinski definition) is 2. The number of carbonyl (C=O) groups excluding carboxylic acids is 2. The van der Waals surface area contributed by atoms with E-state index in [9.17, 15) is 9.59 Å². The second-order valence-electron chi connectivity index (χ2n) is 7.33. The summed E-state index contributed by atoms with van der Waals surface area (Å²) in [4.78, 5) is 23.8. The van der Waals surface area contributed by atoms with Gasteiger partial charge in [-0.05, 0) is 54.0 Å². The number of anilines is 1. The number of para-hydroxylation sites is 1. The molecule has 0 saturated carbocycles. The largest absolute Gasteiger partial charge is 0.468 e. The van der Waals surface area contributed by atoms with Crippen LogP contribution in [0.5, 0.6) is 11.5 Å². The normalized spacial score (nSPS) is 14.6. The summed E-state index contributed by atoms with van der Waals surface area (Å²) in [5.74, 6) is 0.488. The van der Waals surface area contributed by atoms with Crippen LogP contribution in [-0.2, 0) is 20.7 Å². The number of nitrogens with one attached hydrogen (secondary N) is 1. The highest BCUT2D eigenvalue weighted by Gasteiger charge is 2.23. The lowest BCUT2D eigenvalue weighted by molar-refractivity contribution is -0.142. The zero-order valence-electron chi connectivity index (χ0n) is 17.3. The molecule has 6 nitrogen and oxygen atoms in total. The SMILES string of the molecule is COC(=O)C(N)Cc1ccc(Oc2ccc(/C=C3/C(=O)Nc4ccccc43)cc2Cl)cc1. The Bertz CT molecular complexity index is 1200. The van der Waals surface area contributed by atoms with Crippen LogP contribution >= 0.6 is 11.6 Å². The van der Waals surface area contributed by atoms with Gasteiger partial charge in [-0.2, -0.15) is 0 Å². The van der Waals surface area contributed by atoms with E-state index >= 15 is 0 Å². The Morgan fingerprint density at radius 3 is 2.59 bits per heavy atom. The number of benzene rings is 3. The van der Waals surface area contributed by atoms with E-state index in [-0.39, 0.29) is 5.91 Å². The minimum atomic E-state index is -0.711. The lowest BCUT2D eigenvalue weighted by atomic mass is 10.0. The molecule has 1 aliphatic rings. The summed E-state index contributed by atoms with van der Waals surface area (Å²) in [6.07, 6.45) is 2.17. The van der Waals surface area contributed by atoms with Crippen LogP contribution in [0.2, 0.25) is 5.02 Å². The molecule has 4 rings (SSSR count). The van der Waals surface area contributed by atoms with E-state index in [1.165, 1.54) is 7.11 Å². The van der Waals surface area contributed by atoms with Crippen molar-refractivity contribution < 1.29 is 19.1 Å². The maximum Gasteiger partial charge on any atom is 0.322 e. The van der Waals surface area contributed by atoms with Crippen LogP contribution < -0.4 is 15.8 Å². The van der Waals surface area contributed by atoms with Crippen molar-refractivity contribution in [2.45, 2.75) is 12.5 Å². The van der Waals surface area contributed by atoms with Crippen LogP contribution in [0, 0.1) is 0 Å². The van der Waals surface area contributed by atoms with E-state index in [0.29, 0.717) is 28.5 Å². The van der Waals surface area contributed by atoms with Gasteiger partial charge in [-0.3, -0.25) is 9.59 Å². The third kappa shape index (κ3) is 4.66. The van der Waals surface area contributed by atoms with E-state index in [1.54, 1.807) is 30.3 Å². The molecule has 1 unspecified atom stereocenters. The molecule has 0 aliphatic carbocycles. The van der Waals surface area contributed by atoms with Crippen molar-refractivity contribution in [2.75, 3.05) is 12.4 Å². The molecule has 3 aromatic rings. The molecule has 1 atom stereocenters. The van der Waals surface area contributed by atoms with Gasteiger partial charge in [0.2, 0.25) is 0 Å². The molecular formula is C25H21ClN2O4. The number of hydrogen-bond acceptors (Lipinski definition) is 5. The molecule has 0 aromatic heterocycles. The number of esters is 1. The molecule has 1 amide bonds. The highest BCUT2D eigenvalue weighted by atomic mass is 35.5. The first-order chi connectivity index (χ1) is 15.4. The maximum absolute atomic E-state index is 12.3. The number of carbonyl (C=O) groups is 2. The molecule has 0 saturated heterocycles. The smallest absolute Gasteiger partial charge is 0.322 e. The van der Waals surface area contributed by atoms with Gasteiger partial charge in [0.05, 0.1) is 12.1 Å². The lowest BCUT2D eigenvalue weighted by Gasteiger charge is -2.11. The van der Waals surface area contributed by atoms with Gasteiger partial charge in [-0.1, -0.05) is 48.0 Å². The first kappa shape index (κ1) is 21.6. The van der Waals surface area contributed by atoms with Crippen LogP contribution in [0.15, 0.2) is 66.7 Å². The lowest BCUT2D eigenvalue weighted by Crippen LogP contribution is -2.33. The summed E-state index contributed by atoms with van der Waals surface area (Å²) >= 11 is 6.43. The van der Waals surface area contributed by atoms with Crippen molar-refractivity contribution in [1.29, 1.82) is 0 Å². The Morgan fingerprint density at radius 1 is 1.12 bits per heavy atom. The second-order valence-corrected chi connectivity index (χ2v) is 7.73. The van der Waals surface area contributed by atoms with Crippen LogP contribution in [0.3, 0.4) is 0 Å². The number of ether oxygens (including phenoxy) is 2. The first-order valence-electron chi connectivity index (χ1n) is 9.97. The fraction of sp³-hybridized carbons (Fsp3) is 0.120. The van der Waals surface area contributed by atoms with Gasteiger partial charge >= 0.3 is 5.97 Å². The monoisotopic (exact) mass is 448 g/mol. The van der Waals surface area contributed by atoms with Crippen molar-refractivity contribution in [3.63, 3.8) is 0 Å². The number of amides is 1. The first-order valence-corrected chi connectivity index (χ1v) is 10.3. The van der Waals surface area contributed by atoms with Crippen LogP contribution in [0.4, 0.5) is 5.69 Å². The molecule has 1 heterocycles. The number of nitrogens with two attached hydrogens (primary N) is 1. The van der Waals surface area contributed by atoms with Crippen LogP contribution in [0.1, 0.15) is 16.7 Å². The highest BCUT2D eigenvalue weighted by molar-refractivity contribution is 6.35. The number of rotatable bonds is 6. The van der Waals surface area contributed by atoms with Crippen molar-refractivity contribution in [3.05, 3.63) is 88.4 Å². The molecular weight excluding hydrogens is 428 g/mol. The van der Waals surface area contributed by atoms with E-state index in [0.717, 1.165) is 22.4 Å². The summed E-state index contributed by atoms with van der Waals surface area (Å²) in [6.45, 7) is 0. The van der Waals surface area contributed by atoms with E-state index in [1.807, 2.05) is 42.5 Å². The summed E-state index contributed by atoms with van der Waals surface area (Å²) in [6, 6.07) is 19.4. The van der Waals surface area contributed by atoms with Gasteiger partial charge in [-0.15, -0.1) is 0 Å². The quantitative estimate of drug-likeness (QED) is 0.422. The van der Waals surface area contributed by atoms with E-state index in [2.05, 4.69) is 10.1 Å². The second kappa shape index (κ2) is 9.26. The van der Waals surface area contributed by atoms with Gasteiger partial charge in [0.15, 0.2) is 0 Å². The van der Waals surface area contributed by atoms with E-state index in [4.69, 9.17) is 22.1 Å². The van der Waals surface area contributed by atoms with Gasteiger partial charge < -0.3 is 20.5 Å². The van der Waals surface area contributed by atoms with Crippen molar-refractivity contribution in [2.24, 2.45) is 5.73 Å². The average Bonchev–Trinajstić information content (AvgIpc) is 3.11. The molecule has 3 N–H and O–H groups in total. The van der Waals surface area contributed by atoms with Crippen LogP contribution in [-0.4, -0.2) is 25.0 Å². The Balaban J connectivity index is 1.48. The van der Waals surface area contributed by atoms with Crippen LogP contribution in [0.25, 0.3) is 11.6 Å². The van der Waals surface area contributed by atoms with Gasteiger partial charge in [0, 0.05) is 16.8 Å². The Hall–Kier alpha value is -3.61. The standard InChI is InChI=1S/C25H21ClN2O4/c1-31-25(30)21(27)14-15-6-9-17(10-7-15)32-23-11-8-16(13-20(23)26)12-19-18-4-2-3-5-22(18)28-24(19)29/h2-13,21H,14,27H2,1H3,(H,28,29)/b19-12+. The van der Waals surface area contributed by atoms with Crippen molar-refractivity contribution >= 4 is 40.8 Å². The minimum Gasteiger partial charge on any atom is -0.468 e. The maximum atomic E-state index is 12.3. The molecule has 0 fully saturated rings. The molecule has 3 aromatic carbocycles. The number of methoxy groups -OCH3 is 1. The number of halogens is 1. The topological polar surface area (TPSA) is 90.7 Å². The predicted molar refractivity (Wildman–Crippen MR) is 125 cm³/mol. The molecule has 0 bridgehead atoms. The van der Waals surface area contributed by atoms with Gasteiger partial charge in [-0.25, -0.2) is 0 Å². The van der Waals surface area contributed by atoms with Crippen molar-refractivity contribution in [3.8, 4) is 11.5 Å². The zero-order valence-corrected chi connectivity index (χ0v) is 18.1. The Kier molecular flexibility index (Phi) is 6.25. The molecule has 0 spiro atoms. The average molecular weight is 449 g/mol. The molecule has 1 aliphatic heterocycles. The molecule has 162 valence electrons. The predicted octanol–water partition coefficient (Wildman–Crippen LogP) is 4.67. The van der Waals surface area contributed by atoms with E-state index < -0.39 is 12.0 Å². The number of fused-ring (bicyclic) bond motifs is 1. The zero-order chi connectivity index (χ0) is 22.7. The highest BCUT2D eigenvalue weighted by Crippen LogP contribution is 2.35. The summed E-state index contributed by atoms with van der Waals surface area (Å²) in [7, 11) is 1.31. The fourth-order valence-electron chi connectivity index (χ4n) is 3.45. The third-order valence-electron chi connectivity index (χ3n) is 5.09. The fourth-order valence-corrected chi connectivity index (χ4v) is 3.68. The Morgan fingerprint density at radius 2 is 1.88 bits per heavy atom. The molecule has 32 heavy (non-hydrogen) atoms. The Labute approximate surface area is 190 Å². The minimum absolute atomic E-state index is 0.144. The molecule has 7 heteroatoms.